The third-order valence-electron chi connectivity index (χ3n) is 7.49. The van der Waals surface area contributed by atoms with E-state index in [9.17, 15) is 0 Å². The second-order valence-corrected chi connectivity index (χ2v) is 14.4. The largest absolute Gasteiger partial charge is 0.327 e. The molecule has 0 heterocycles. The van der Waals surface area contributed by atoms with Crippen LogP contribution in [0.1, 0.15) is 194 Å². The van der Waals surface area contributed by atoms with Gasteiger partial charge in [0.25, 0.3) is 0 Å². The molecule has 5 heteroatoms. The molecule has 0 aliphatic heterocycles. The zero-order valence-corrected chi connectivity index (χ0v) is 28.0. The van der Waals surface area contributed by atoms with Gasteiger partial charge in [0.2, 0.25) is 0 Å². The van der Waals surface area contributed by atoms with Gasteiger partial charge >= 0.3 is 6.72 Å². The molecule has 0 aliphatic carbocycles. The monoisotopic (exact) mass is 576 g/mol. The number of hydrogen-bond donors (Lipinski definition) is 0. The molecule has 0 atom stereocenters. The van der Waals surface area contributed by atoms with Crippen LogP contribution >= 0.6 is 6.72 Å². The predicted molar refractivity (Wildman–Crippen MR) is 174 cm³/mol. The minimum atomic E-state index is -2.61. The summed E-state index contributed by atoms with van der Waals surface area (Å²) < 4.78 is 18.4. The molecule has 0 bridgehead atoms. The summed E-state index contributed by atoms with van der Waals surface area (Å²) in [6.45, 7) is 6.28. The van der Waals surface area contributed by atoms with Crippen molar-refractivity contribution in [1.29, 1.82) is 0 Å². The van der Waals surface area contributed by atoms with Crippen LogP contribution < -0.4 is 0 Å². The molecule has 0 amide bonds. The van der Waals surface area contributed by atoms with Gasteiger partial charge in [-0.3, -0.25) is 0 Å². The van der Waals surface area contributed by atoms with Gasteiger partial charge in [-0.05, 0) is 31.1 Å². The van der Waals surface area contributed by atoms with Crippen molar-refractivity contribution in [1.82, 2.24) is 0 Å². The Balaban J connectivity index is 4.07. The summed E-state index contributed by atoms with van der Waals surface area (Å²) in [4.78, 5) is 0. The smallest absolute Gasteiger partial charge is 0.309 e. The summed E-state index contributed by atoms with van der Waals surface area (Å²) in [5, 5.41) is 0. The average molecular weight is 577 g/mol. The fourth-order valence-electron chi connectivity index (χ4n) is 4.88. The zero-order chi connectivity index (χ0) is 27.8. The topological polar surface area (TPSA) is 27.7 Å². The molecule has 0 radical (unpaired) electrons. The lowest BCUT2D eigenvalue weighted by Gasteiger charge is -2.22. The first-order chi connectivity index (χ1) is 18.7. The molecule has 0 rings (SSSR count). The fourth-order valence-corrected chi connectivity index (χ4v) is 6.83. The Kier molecular flexibility index (Phi) is 32.5. The Hall–Kier alpha value is 0.530. The normalized spacial score (nSPS) is 12.0. The van der Waals surface area contributed by atoms with Crippen molar-refractivity contribution in [2.24, 2.45) is 0 Å². The fraction of sp³-hybridized carbons (Fsp3) is 1.00. The van der Waals surface area contributed by atoms with E-state index in [1.807, 2.05) is 0 Å². The van der Waals surface area contributed by atoms with Crippen LogP contribution in [0.2, 0.25) is 0 Å². The van der Waals surface area contributed by atoms with Gasteiger partial charge in [0.15, 0.2) is 0 Å². The van der Waals surface area contributed by atoms with Crippen molar-refractivity contribution in [2.75, 3.05) is 19.8 Å². The standard InChI is InChI=1S/C33H69O3PS/c1-4-7-10-13-16-19-22-25-28-31-34-37(38,35-32-29-26-23-20-17-14-11-8-5-2)36-33-30-27-24-21-18-15-12-9-6-3/h4-33H2,1-3H3. The van der Waals surface area contributed by atoms with E-state index in [4.69, 9.17) is 25.4 Å². The summed E-state index contributed by atoms with van der Waals surface area (Å²) in [6.07, 6.45) is 35.5. The zero-order valence-electron chi connectivity index (χ0n) is 26.3. The second kappa shape index (κ2) is 32.0. The minimum Gasteiger partial charge on any atom is -0.309 e. The van der Waals surface area contributed by atoms with E-state index in [2.05, 4.69) is 20.8 Å². The molecule has 0 saturated carbocycles. The maximum atomic E-state index is 6.14. The van der Waals surface area contributed by atoms with E-state index in [1.165, 1.54) is 154 Å². The molecule has 0 aromatic rings. The Bertz CT molecular complexity index is 422. The second-order valence-electron chi connectivity index (χ2n) is 11.4. The summed E-state index contributed by atoms with van der Waals surface area (Å²) in [5.41, 5.74) is 0. The number of hydrogen-bond acceptors (Lipinski definition) is 4. The number of rotatable bonds is 33. The summed E-state index contributed by atoms with van der Waals surface area (Å²) >= 11 is 5.83. The van der Waals surface area contributed by atoms with E-state index >= 15 is 0 Å². The molecule has 0 saturated heterocycles. The first-order valence-corrected chi connectivity index (χ1v) is 19.8. The maximum Gasteiger partial charge on any atom is 0.327 e. The van der Waals surface area contributed by atoms with Crippen molar-refractivity contribution in [3.05, 3.63) is 0 Å². The number of unbranched alkanes of at least 4 members (excludes halogenated alkanes) is 24. The SMILES string of the molecule is CCCCCCCCCCCOP(=S)(OCCCCCCCCCCC)OCCCCCCCCCCC. The first kappa shape index (κ1) is 38.5. The van der Waals surface area contributed by atoms with Gasteiger partial charge < -0.3 is 13.6 Å². The van der Waals surface area contributed by atoms with Crippen molar-refractivity contribution >= 4 is 18.5 Å². The van der Waals surface area contributed by atoms with E-state index in [0.29, 0.717) is 19.8 Å². The van der Waals surface area contributed by atoms with Crippen LogP contribution in [-0.4, -0.2) is 19.8 Å². The quantitative estimate of drug-likeness (QED) is 0.0573. The third-order valence-corrected chi connectivity index (χ3v) is 9.94. The van der Waals surface area contributed by atoms with Crippen molar-refractivity contribution in [3.63, 3.8) is 0 Å². The van der Waals surface area contributed by atoms with Crippen LogP contribution in [0, 0.1) is 0 Å². The van der Waals surface area contributed by atoms with Gasteiger partial charge in [0.1, 0.15) is 0 Å². The predicted octanol–water partition coefficient (Wildman–Crippen LogP) is 12.9. The van der Waals surface area contributed by atoms with E-state index in [0.717, 1.165) is 19.3 Å². The molecule has 0 fully saturated rings. The Morgan fingerprint density at radius 1 is 0.316 bits per heavy atom. The van der Waals surface area contributed by atoms with E-state index in [-0.39, 0.29) is 0 Å². The molecule has 38 heavy (non-hydrogen) atoms. The highest BCUT2D eigenvalue weighted by Gasteiger charge is 2.20. The van der Waals surface area contributed by atoms with Crippen LogP contribution in [0.3, 0.4) is 0 Å². The summed E-state index contributed by atoms with van der Waals surface area (Å²) in [6, 6.07) is 0. The molecule has 3 nitrogen and oxygen atoms in total. The van der Waals surface area contributed by atoms with Gasteiger partial charge in [0.05, 0.1) is 19.8 Å². The Morgan fingerprint density at radius 3 is 0.711 bits per heavy atom. The van der Waals surface area contributed by atoms with Gasteiger partial charge in [-0.2, -0.15) is 0 Å². The molecule has 0 unspecified atom stereocenters. The van der Waals surface area contributed by atoms with Crippen LogP contribution in [0.15, 0.2) is 0 Å². The van der Waals surface area contributed by atoms with Crippen LogP contribution in [-0.2, 0) is 25.4 Å². The van der Waals surface area contributed by atoms with E-state index in [1.54, 1.807) is 0 Å². The van der Waals surface area contributed by atoms with Crippen LogP contribution in [0.25, 0.3) is 0 Å². The lowest BCUT2D eigenvalue weighted by atomic mass is 10.1. The van der Waals surface area contributed by atoms with Crippen molar-refractivity contribution < 1.29 is 13.6 Å². The Labute approximate surface area is 245 Å². The van der Waals surface area contributed by atoms with Gasteiger partial charge in [-0.25, -0.2) is 0 Å². The Morgan fingerprint density at radius 2 is 0.500 bits per heavy atom. The molecular formula is C33H69O3PS. The summed E-state index contributed by atoms with van der Waals surface area (Å²) in [5.74, 6) is 0. The van der Waals surface area contributed by atoms with Crippen LogP contribution in [0.4, 0.5) is 0 Å². The van der Waals surface area contributed by atoms with Crippen molar-refractivity contribution in [3.8, 4) is 0 Å². The van der Waals surface area contributed by atoms with Crippen molar-refractivity contribution in [2.45, 2.75) is 194 Å². The minimum absolute atomic E-state index is 0.683. The highest BCUT2D eigenvalue weighted by molar-refractivity contribution is 8.07. The molecule has 0 spiro atoms. The molecule has 230 valence electrons. The van der Waals surface area contributed by atoms with E-state index < -0.39 is 6.72 Å². The first-order valence-electron chi connectivity index (χ1n) is 17.2. The van der Waals surface area contributed by atoms with Gasteiger partial charge in [-0.1, -0.05) is 175 Å². The average Bonchev–Trinajstić information content (AvgIpc) is 2.92. The lowest BCUT2D eigenvalue weighted by molar-refractivity contribution is 0.150. The van der Waals surface area contributed by atoms with Gasteiger partial charge in [0, 0.05) is 0 Å². The maximum absolute atomic E-state index is 6.14. The molecule has 0 aliphatic rings. The lowest BCUT2D eigenvalue weighted by Crippen LogP contribution is -2.04. The van der Waals surface area contributed by atoms with Crippen LogP contribution in [0.5, 0.6) is 0 Å². The highest BCUT2D eigenvalue weighted by atomic mass is 32.5. The molecule has 0 aromatic carbocycles. The molecule has 0 aromatic heterocycles. The third kappa shape index (κ3) is 29.5. The molecule has 0 N–H and O–H groups in total. The van der Waals surface area contributed by atoms with Gasteiger partial charge in [-0.15, -0.1) is 0 Å². The summed E-state index contributed by atoms with van der Waals surface area (Å²) in [7, 11) is 0. The highest BCUT2D eigenvalue weighted by Crippen LogP contribution is 2.50. The molecular weight excluding hydrogens is 507 g/mol.